The van der Waals surface area contributed by atoms with E-state index < -0.39 is 0 Å². The Labute approximate surface area is 119 Å². The molecule has 1 N–H and O–H groups in total. The monoisotopic (exact) mass is 339 g/mol. The van der Waals surface area contributed by atoms with Crippen LogP contribution in [0.2, 0.25) is 10.0 Å². The summed E-state index contributed by atoms with van der Waals surface area (Å²) in [5, 5.41) is 4.03. The number of carbonyl (C=O) groups excluding carboxylic acids is 1. The van der Waals surface area contributed by atoms with Gasteiger partial charge in [-0.15, -0.1) is 0 Å². The van der Waals surface area contributed by atoms with E-state index in [2.05, 4.69) is 21.2 Å². The molecule has 0 aliphatic heterocycles. The molecule has 0 amide bonds. The van der Waals surface area contributed by atoms with Crippen molar-refractivity contribution in [2.24, 2.45) is 0 Å². The highest BCUT2D eigenvalue weighted by Crippen LogP contribution is 2.33. The van der Waals surface area contributed by atoms with Gasteiger partial charge in [0.2, 0.25) is 0 Å². The summed E-state index contributed by atoms with van der Waals surface area (Å²) in [7, 11) is 0. The number of esters is 1. The van der Waals surface area contributed by atoms with E-state index >= 15 is 0 Å². The van der Waals surface area contributed by atoms with E-state index in [0.29, 0.717) is 28.9 Å². The first kappa shape index (κ1) is 14.6. The van der Waals surface area contributed by atoms with Gasteiger partial charge in [0.05, 0.1) is 28.8 Å². The normalized spacial score (nSPS) is 10.1. The van der Waals surface area contributed by atoms with Crippen LogP contribution in [0.3, 0.4) is 0 Å². The number of nitrogens with one attached hydrogen (secondary N) is 1. The number of hydrogen-bond donors (Lipinski definition) is 1. The van der Waals surface area contributed by atoms with E-state index in [4.69, 9.17) is 27.9 Å². The zero-order valence-electron chi connectivity index (χ0n) is 9.23. The van der Waals surface area contributed by atoms with E-state index in [1.807, 2.05) is 0 Å². The largest absolute Gasteiger partial charge is 0.466 e. The van der Waals surface area contributed by atoms with Gasteiger partial charge in [0, 0.05) is 11.0 Å². The van der Waals surface area contributed by atoms with Crippen LogP contribution < -0.4 is 5.32 Å². The fraction of sp³-hybridized carbons (Fsp3) is 0.364. The molecule has 0 aromatic heterocycles. The lowest BCUT2D eigenvalue weighted by Gasteiger charge is -2.10. The molecule has 1 rings (SSSR count). The van der Waals surface area contributed by atoms with Crippen LogP contribution in [0.5, 0.6) is 0 Å². The Morgan fingerprint density at radius 2 is 2.00 bits per heavy atom. The van der Waals surface area contributed by atoms with Gasteiger partial charge in [0.1, 0.15) is 0 Å². The van der Waals surface area contributed by atoms with Crippen LogP contribution in [0, 0.1) is 0 Å². The van der Waals surface area contributed by atoms with E-state index in [-0.39, 0.29) is 12.4 Å². The third-order valence-electron chi connectivity index (χ3n) is 1.94. The Kier molecular flexibility index (Phi) is 6.09. The van der Waals surface area contributed by atoms with Crippen LogP contribution in [0.15, 0.2) is 16.6 Å². The Hall–Kier alpha value is -0.450. The second kappa shape index (κ2) is 7.09. The predicted molar refractivity (Wildman–Crippen MR) is 73.9 cm³/mol. The third kappa shape index (κ3) is 4.74. The maximum absolute atomic E-state index is 11.1. The summed E-state index contributed by atoms with van der Waals surface area (Å²) in [6.07, 6.45) is 0.274. The molecule has 0 heterocycles. The summed E-state index contributed by atoms with van der Waals surface area (Å²) >= 11 is 15.3. The molecule has 94 valence electrons. The van der Waals surface area contributed by atoms with E-state index in [0.717, 1.165) is 4.47 Å². The number of carbonyl (C=O) groups is 1. The molecule has 3 nitrogen and oxygen atoms in total. The Morgan fingerprint density at radius 3 is 2.53 bits per heavy atom. The molecule has 0 saturated carbocycles. The number of halogens is 3. The van der Waals surface area contributed by atoms with Crippen LogP contribution in [0.4, 0.5) is 5.69 Å². The Bertz CT molecular complexity index is 389. The highest BCUT2D eigenvalue weighted by atomic mass is 79.9. The quantitative estimate of drug-likeness (QED) is 0.819. The average molecular weight is 341 g/mol. The number of rotatable bonds is 5. The summed E-state index contributed by atoms with van der Waals surface area (Å²) < 4.78 is 5.62. The molecule has 0 aliphatic carbocycles. The molecular formula is C11H12BrCl2NO2. The van der Waals surface area contributed by atoms with Gasteiger partial charge in [0.25, 0.3) is 0 Å². The maximum atomic E-state index is 11.1. The summed E-state index contributed by atoms with van der Waals surface area (Å²) in [6.45, 7) is 2.59. The zero-order valence-corrected chi connectivity index (χ0v) is 12.3. The molecule has 0 spiro atoms. The van der Waals surface area contributed by atoms with Crippen LogP contribution >= 0.6 is 39.1 Å². The molecule has 1 aromatic rings. The van der Waals surface area contributed by atoms with Crippen molar-refractivity contribution in [1.82, 2.24) is 0 Å². The smallest absolute Gasteiger partial charge is 0.307 e. The molecule has 0 fully saturated rings. The van der Waals surface area contributed by atoms with Gasteiger partial charge in [-0.05, 0) is 19.1 Å². The fourth-order valence-electron chi connectivity index (χ4n) is 1.23. The van der Waals surface area contributed by atoms with Gasteiger partial charge < -0.3 is 10.1 Å². The van der Waals surface area contributed by atoms with Crippen molar-refractivity contribution < 1.29 is 9.53 Å². The van der Waals surface area contributed by atoms with Crippen molar-refractivity contribution in [2.75, 3.05) is 18.5 Å². The minimum absolute atomic E-state index is 0.246. The summed E-state index contributed by atoms with van der Waals surface area (Å²) in [5.74, 6) is -0.246. The molecule has 17 heavy (non-hydrogen) atoms. The van der Waals surface area contributed by atoms with Crippen molar-refractivity contribution in [2.45, 2.75) is 13.3 Å². The van der Waals surface area contributed by atoms with E-state index in [1.54, 1.807) is 19.1 Å². The minimum Gasteiger partial charge on any atom is -0.466 e. The molecule has 0 atom stereocenters. The SMILES string of the molecule is CCOC(=O)CCNc1c(Cl)cc(Br)cc1Cl. The first-order valence-electron chi connectivity index (χ1n) is 5.08. The summed E-state index contributed by atoms with van der Waals surface area (Å²) in [5.41, 5.74) is 0.626. The van der Waals surface area contributed by atoms with E-state index in [9.17, 15) is 4.79 Å². The van der Waals surface area contributed by atoms with Gasteiger partial charge in [-0.1, -0.05) is 39.1 Å². The van der Waals surface area contributed by atoms with Gasteiger partial charge in [-0.3, -0.25) is 4.79 Å². The molecule has 0 unspecified atom stereocenters. The number of ether oxygens (including phenoxy) is 1. The van der Waals surface area contributed by atoms with Crippen molar-refractivity contribution >= 4 is 50.8 Å². The Morgan fingerprint density at radius 1 is 1.41 bits per heavy atom. The lowest BCUT2D eigenvalue weighted by Crippen LogP contribution is -2.11. The van der Waals surface area contributed by atoms with Crippen LogP contribution in [0.1, 0.15) is 13.3 Å². The molecule has 6 heteroatoms. The number of hydrogen-bond acceptors (Lipinski definition) is 3. The van der Waals surface area contributed by atoms with Crippen LogP contribution in [-0.4, -0.2) is 19.1 Å². The summed E-state index contributed by atoms with van der Waals surface area (Å²) in [6, 6.07) is 3.47. The van der Waals surface area contributed by atoms with Gasteiger partial charge >= 0.3 is 5.97 Å². The summed E-state index contributed by atoms with van der Waals surface area (Å²) in [4.78, 5) is 11.1. The second-order valence-corrected chi connectivity index (χ2v) is 4.96. The number of anilines is 1. The van der Waals surface area contributed by atoms with Gasteiger partial charge in [-0.25, -0.2) is 0 Å². The maximum Gasteiger partial charge on any atom is 0.307 e. The molecule has 0 bridgehead atoms. The van der Waals surface area contributed by atoms with Crippen LogP contribution in [0.25, 0.3) is 0 Å². The first-order valence-corrected chi connectivity index (χ1v) is 6.63. The third-order valence-corrected chi connectivity index (χ3v) is 3.00. The first-order chi connectivity index (χ1) is 8.04. The molecule has 0 aliphatic rings. The highest BCUT2D eigenvalue weighted by molar-refractivity contribution is 9.10. The molecular weight excluding hydrogens is 329 g/mol. The zero-order chi connectivity index (χ0) is 12.8. The highest BCUT2D eigenvalue weighted by Gasteiger charge is 2.08. The topological polar surface area (TPSA) is 38.3 Å². The molecule has 0 radical (unpaired) electrons. The van der Waals surface area contributed by atoms with Gasteiger partial charge in [-0.2, -0.15) is 0 Å². The fourth-order valence-corrected chi connectivity index (χ4v) is 2.58. The lowest BCUT2D eigenvalue weighted by molar-refractivity contribution is -0.142. The van der Waals surface area contributed by atoms with Crippen molar-refractivity contribution in [3.8, 4) is 0 Å². The second-order valence-electron chi connectivity index (χ2n) is 3.23. The van der Waals surface area contributed by atoms with Crippen molar-refractivity contribution in [1.29, 1.82) is 0 Å². The standard InChI is InChI=1S/C11H12BrCl2NO2/c1-2-17-10(16)3-4-15-11-8(13)5-7(12)6-9(11)14/h5-6,15H,2-4H2,1H3. The van der Waals surface area contributed by atoms with Gasteiger partial charge in [0.15, 0.2) is 0 Å². The van der Waals surface area contributed by atoms with E-state index in [1.165, 1.54) is 0 Å². The van der Waals surface area contributed by atoms with Crippen molar-refractivity contribution in [3.05, 3.63) is 26.7 Å². The minimum atomic E-state index is -0.246. The van der Waals surface area contributed by atoms with Crippen LogP contribution in [-0.2, 0) is 9.53 Å². The van der Waals surface area contributed by atoms with Crippen molar-refractivity contribution in [3.63, 3.8) is 0 Å². The average Bonchev–Trinajstić information content (AvgIpc) is 2.22. The Balaban J connectivity index is 2.55. The number of benzene rings is 1. The molecule has 0 saturated heterocycles. The molecule has 1 aromatic carbocycles. The predicted octanol–water partition coefficient (Wildman–Crippen LogP) is 4.12. The lowest BCUT2D eigenvalue weighted by atomic mass is 10.3.